The summed E-state index contributed by atoms with van der Waals surface area (Å²) in [5.74, 6) is 0. The third kappa shape index (κ3) is 4.87. The lowest BCUT2D eigenvalue weighted by atomic mass is 9.93. The molecule has 2 atom stereocenters. The molecule has 3 heteroatoms. The summed E-state index contributed by atoms with van der Waals surface area (Å²) in [6.07, 6.45) is 12.7. The van der Waals surface area contributed by atoms with Crippen molar-refractivity contribution < 1.29 is 9.47 Å². The number of ether oxygens (including phenoxy) is 2. The van der Waals surface area contributed by atoms with E-state index in [4.69, 9.17) is 9.47 Å². The van der Waals surface area contributed by atoms with Crippen molar-refractivity contribution in [2.45, 2.75) is 76.0 Å². The predicted molar refractivity (Wildman–Crippen MR) is 73.9 cm³/mol. The molecule has 0 aromatic carbocycles. The Balaban J connectivity index is 1.52. The lowest BCUT2D eigenvalue weighted by Crippen LogP contribution is -2.38. The highest BCUT2D eigenvalue weighted by molar-refractivity contribution is 4.78. The van der Waals surface area contributed by atoms with Crippen LogP contribution in [0, 0.1) is 0 Å². The zero-order valence-electron chi connectivity index (χ0n) is 11.8. The van der Waals surface area contributed by atoms with Gasteiger partial charge in [0.05, 0.1) is 18.8 Å². The van der Waals surface area contributed by atoms with Crippen LogP contribution < -0.4 is 5.32 Å². The predicted octanol–water partition coefficient (Wildman–Crippen LogP) is 2.88. The Kier molecular flexibility index (Phi) is 6.46. The fourth-order valence-electron chi connectivity index (χ4n) is 3.26. The van der Waals surface area contributed by atoms with Crippen LogP contribution >= 0.6 is 0 Å². The van der Waals surface area contributed by atoms with Crippen molar-refractivity contribution in [2.24, 2.45) is 0 Å². The zero-order valence-corrected chi connectivity index (χ0v) is 11.8. The van der Waals surface area contributed by atoms with Gasteiger partial charge < -0.3 is 14.8 Å². The molecule has 0 amide bonds. The Morgan fingerprint density at radius 1 is 0.944 bits per heavy atom. The summed E-state index contributed by atoms with van der Waals surface area (Å²) in [5, 5.41) is 3.62. The quantitative estimate of drug-likeness (QED) is 0.740. The first kappa shape index (κ1) is 14.3. The molecule has 2 saturated carbocycles. The maximum Gasteiger partial charge on any atom is 0.0594 e. The van der Waals surface area contributed by atoms with Gasteiger partial charge in [0.25, 0.3) is 0 Å². The van der Waals surface area contributed by atoms with Gasteiger partial charge in [-0.1, -0.05) is 19.3 Å². The molecular formula is C15H29NO2. The molecule has 2 aliphatic rings. The average molecular weight is 255 g/mol. The third-order valence-corrected chi connectivity index (χ3v) is 4.40. The van der Waals surface area contributed by atoms with Gasteiger partial charge in [0.2, 0.25) is 0 Å². The maximum atomic E-state index is 5.93. The van der Waals surface area contributed by atoms with E-state index in [9.17, 15) is 0 Å². The van der Waals surface area contributed by atoms with Gasteiger partial charge in [-0.05, 0) is 38.5 Å². The Morgan fingerprint density at radius 2 is 1.72 bits per heavy atom. The van der Waals surface area contributed by atoms with Crippen LogP contribution in [0.15, 0.2) is 0 Å². The molecule has 2 unspecified atom stereocenters. The lowest BCUT2D eigenvalue weighted by molar-refractivity contribution is 0.0250. The van der Waals surface area contributed by atoms with Crippen LogP contribution in [0.5, 0.6) is 0 Å². The molecule has 0 aromatic heterocycles. The van der Waals surface area contributed by atoms with E-state index in [2.05, 4.69) is 5.32 Å². The molecule has 2 fully saturated rings. The standard InChI is InChI=1S/C15H29NO2/c1-17-15-9-5-6-13(12-15)16-10-11-18-14-7-3-2-4-8-14/h13-16H,2-12H2,1H3. The van der Waals surface area contributed by atoms with E-state index in [0.29, 0.717) is 18.2 Å². The average Bonchev–Trinajstić information content (AvgIpc) is 2.45. The fraction of sp³-hybridized carbons (Fsp3) is 1.00. The van der Waals surface area contributed by atoms with Crippen LogP contribution in [0.25, 0.3) is 0 Å². The van der Waals surface area contributed by atoms with Gasteiger partial charge in [0.15, 0.2) is 0 Å². The van der Waals surface area contributed by atoms with Crippen molar-refractivity contribution in [3.63, 3.8) is 0 Å². The maximum absolute atomic E-state index is 5.93. The summed E-state index contributed by atoms with van der Waals surface area (Å²) in [7, 11) is 1.83. The van der Waals surface area contributed by atoms with Crippen LogP contribution in [-0.2, 0) is 9.47 Å². The van der Waals surface area contributed by atoms with Gasteiger partial charge in [-0.2, -0.15) is 0 Å². The van der Waals surface area contributed by atoms with E-state index >= 15 is 0 Å². The summed E-state index contributed by atoms with van der Waals surface area (Å²) in [6.45, 7) is 1.87. The van der Waals surface area contributed by atoms with E-state index in [0.717, 1.165) is 13.2 Å². The summed E-state index contributed by atoms with van der Waals surface area (Å²) in [4.78, 5) is 0. The minimum atomic E-state index is 0.468. The second kappa shape index (κ2) is 8.13. The summed E-state index contributed by atoms with van der Waals surface area (Å²) < 4.78 is 11.4. The lowest BCUT2D eigenvalue weighted by Gasteiger charge is -2.29. The van der Waals surface area contributed by atoms with Gasteiger partial charge in [-0.3, -0.25) is 0 Å². The number of rotatable bonds is 6. The highest BCUT2D eigenvalue weighted by Gasteiger charge is 2.21. The number of hydrogen-bond acceptors (Lipinski definition) is 3. The molecule has 106 valence electrons. The molecular weight excluding hydrogens is 226 g/mol. The van der Waals surface area contributed by atoms with Crippen molar-refractivity contribution in [3.8, 4) is 0 Å². The van der Waals surface area contributed by atoms with Crippen LogP contribution in [0.1, 0.15) is 57.8 Å². The van der Waals surface area contributed by atoms with Crippen molar-refractivity contribution in [1.29, 1.82) is 0 Å². The molecule has 3 nitrogen and oxygen atoms in total. The Labute approximate surface area is 112 Å². The van der Waals surface area contributed by atoms with E-state index in [1.807, 2.05) is 7.11 Å². The van der Waals surface area contributed by atoms with Gasteiger partial charge in [0.1, 0.15) is 0 Å². The fourth-order valence-corrected chi connectivity index (χ4v) is 3.26. The highest BCUT2D eigenvalue weighted by Crippen LogP contribution is 2.21. The molecule has 0 radical (unpaired) electrons. The summed E-state index contributed by atoms with van der Waals surface area (Å²) in [5.41, 5.74) is 0. The molecule has 0 heterocycles. The molecule has 0 saturated heterocycles. The van der Waals surface area contributed by atoms with Crippen LogP contribution in [0.3, 0.4) is 0 Å². The van der Waals surface area contributed by atoms with E-state index < -0.39 is 0 Å². The topological polar surface area (TPSA) is 30.5 Å². The Hall–Kier alpha value is -0.120. The van der Waals surface area contributed by atoms with Gasteiger partial charge in [-0.15, -0.1) is 0 Å². The molecule has 0 aromatic rings. The van der Waals surface area contributed by atoms with Crippen molar-refractivity contribution >= 4 is 0 Å². The molecule has 2 aliphatic carbocycles. The normalized spacial score (nSPS) is 30.5. The highest BCUT2D eigenvalue weighted by atomic mass is 16.5. The summed E-state index contributed by atoms with van der Waals surface area (Å²) >= 11 is 0. The first-order valence-electron chi connectivity index (χ1n) is 7.76. The van der Waals surface area contributed by atoms with E-state index in [1.54, 1.807) is 0 Å². The Morgan fingerprint density at radius 3 is 2.50 bits per heavy atom. The molecule has 0 aliphatic heterocycles. The Bertz CT molecular complexity index is 217. The molecule has 0 spiro atoms. The molecule has 2 rings (SSSR count). The summed E-state index contributed by atoms with van der Waals surface area (Å²) in [6, 6.07) is 0.638. The van der Waals surface area contributed by atoms with Gasteiger partial charge >= 0.3 is 0 Å². The third-order valence-electron chi connectivity index (χ3n) is 4.40. The van der Waals surface area contributed by atoms with E-state index in [1.165, 1.54) is 57.8 Å². The van der Waals surface area contributed by atoms with E-state index in [-0.39, 0.29) is 0 Å². The smallest absolute Gasteiger partial charge is 0.0594 e. The van der Waals surface area contributed by atoms with Crippen LogP contribution in [0.2, 0.25) is 0 Å². The minimum absolute atomic E-state index is 0.468. The van der Waals surface area contributed by atoms with Crippen molar-refractivity contribution in [3.05, 3.63) is 0 Å². The monoisotopic (exact) mass is 255 g/mol. The van der Waals surface area contributed by atoms with Gasteiger partial charge in [0, 0.05) is 19.7 Å². The van der Waals surface area contributed by atoms with Gasteiger partial charge in [-0.25, -0.2) is 0 Å². The number of methoxy groups -OCH3 is 1. The first-order valence-corrected chi connectivity index (χ1v) is 7.76. The zero-order chi connectivity index (χ0) is 12.6. The SMILES string of the molecule is COC1CCCC(NCCOC2CCCCC2)C1. The largest absolute Gasteiger partial charge is 0.381 e. The molecule has 0 bridgehead atoms. The van der Waals surface area contributed by atoms with Crippen molar-refractivity contribution in [2.75, 3.05) is 20.3 Å². The second-order valence-corrected chi connectivity index (χ2v) is 5.81. The first-order chi connectivity index (χ1) is 8.88. The minimum Gasteiger partial charge on any atom is -0.381 e. The molecule has 18 heavy (non-hydrogen) atoms. The molecule has 1 N–H and O–H groups in total. The number of nitrogens with one attached hydrogen (secondary N) is 1. The second-order valence-electron chi connectivity index (χ2n) is 5.81. The van der Waals surface area contributed by atoms with Crippen LogP contribution in [-0.4, -0.2) is 38.5 Å². The number of hydrogen-bond donors (Lipinski definition) is 1. The van der Waals surface area contributed by atoms with Crippen LogP contribution in [0.4, 0.5) is 0 Å². The van der Waals surface area contributed by atoms with Crippen molar-refractivity contribution in [1.82, 2.24) is 5.32 Å².